The summed E-state index contributed by atoms with van der Waals surface area (Å²) in [6.45, 7) is 4.54. The van der Waals surface area contributed by atoms with Gasteiger partial charge in [0, 0.05) is 6.61 Å². The average molecular weight is 383 g/mol. The monoisotopic (exact) mass is 382 g/mol. The van der Waals surface area contributed by atoms with Crippen LogP contribution in [0.2, 0.25) is 0 Å². The minimum absolute atomic E-state index is 0.150. The molecule has 0 spiro atoms. The van der Waals surface area contributed by atoms with E-state index < -0.39 is 0 Å². The molecule has 0 unspecified atom stereocenters. The van der Waals surface area contributed by atoms with Crippen molar-refractivity contribution in [1.82, 2.24) is 0 Å². The van der Waals surface area contributed by atoms with Gasteiger partial charge < -0.3 is 10.2 Å². The van der Waals surface area contributed by atoms with Crippen LogP contribution >= 0.6 is 0 Å². The second-order valence-electron chi connectivity index (χ2n) is 7.89. The van der Waals surface area contributed by atoms with Gasteiger partial charge in [0.05, 0.1) is 0 Å². The van der Waals surface area contributed by atoms with Crippen LogP contribution in [-0.2, 0) is 19.3 Å². The zero-order valence-corrected chi connectivity index (χ0v) is 17.8. The van der Waals surface area contributed by atoms with E-state index in [1.807, 2.05) is 6.07 Å². The molecule has 2 rings (SSSR count). The number of aromatic hydroxyl groups is 1. The van der Waals surface area contributed by atoms with Crippen molar-refractivity contribution in [1.29, 1.82) is 0 Å². The van der Waals surface area contributed by atoms with Crippen molar-refractivity contribution >= 4 is 0 Å². The van der Waals surface area contributed by atoms with Gasteiger partial charge in [-0.3, -0.25) is 0 Å². The molecule has 2 N–H and O–H groups in total. The smallest absolute Gasteiger partial charge is 0.119 e. The normalized spacial score (nSPS) is 11.1. The summed E-state index contributed by atoms with van der Waals surface area (Å²) in [6.07, 6.45) is 12.9. The highest BCUT2D eigenvalue weighted by Gasteiger charge is 2.10. The van der Waals surface area contributed by atoms with Crippen LogP contribution in [0.4, 0.5) is 0 Å². The molecule has 0 aliphatic rings. The minimum atomic E-state index is 0.150. The molecule has 0 aliphatic carbocycles. The lowest BCUT2D eigenvalue weighted by Crippen LogP contribution is -1.95. The van der Waals surface area contributed by atoms with Gasteiger partial charge in [-0.15, -0.1) is 0 Å². The molecule has 2 aromatic rings. The van der Waals surface area contributed by atoms with Crippen molar-refractivity contribution in [3.63, 3.8) is 0 Å². The van der Waals surface area contributed by atoms with E-state index in [4.69, 9.17) is 5.11 Å². The molecule has 0 saturated carbocycles. The summed E-state index contributed by atoms with van der Waals surface area (Å²) in [5.41, 5.74) is 5.93. The molecule has 0 atom stereocenters. The van der Waals surface area contributed by atoms with Gasteiger partial charge in [0.2, 0.25) is 0 Å². The zero-order chi connectivity index (χ0) is 20.2. The quantitative estimate of drug-likeness (QED) is 0.372. The van der Waals surface area contributed by atoms with Crippen LogP contribution in [0.3, 0.4) is 0 Å². The molecule has 0 radical (unpaired) electrons. The maximum absolute atomic E-state index is 10.3. The lowest BCUT2D eigenvalue weighted by atomic mass is 9.93. The Balaban J connectivity index is 1.98. The number of phenols is 1. The van der Waals surface area contributed by atoms with Gasteiger partial charge in [0.25, 0.3) is 0 Å². The van der Waals surface area contributed by atoms with E-state index >= 15 is 0 Å². The van der Waals surface area contributed by atoms with Crippen molar-refractivity contribution in [2.24, 2.45) is 0 Å². The van der Waals surface area contributed by atoms with Crippen LogP contribution in [0.1, 0.15) is 81.9 Å². The predicted molar refractivity (Wildman–Crippen MR) is 120 cm³/mol. The van der Waals surface area contributed by atoms with Gasteiger partial charge >= 0.3 is 0 Å². The highest BCUT2D eigenvalue weighted by molar-refractivity contribution is 5.70. The van der Waals surface area contributed by atoms with E-state index in [0.29, 0.717) is 18.6 Å². The van der Waals surface area contributed by atoms with Crippen LogP contribution in [0.5, 0.6) is 5.75 Å². The molecule has 28 heavy (non-hydrogen) atoms. The Hall–Kier alpha value is -1.80. The fourth-order valence-corrected chi connectivity index (χ4v) is 3.84. The number of aliphatic hydroxyl groups is 1. The number of hydrogen-bond donors (Lipinski definition) is 2. The third-order valence-corrected chi connectivity index (χ3v) is 5.62. The highest BCUT2D eigenvalue weighted by Crippen LogP contribution is 2.32. The minimum Gasteiger partial charge on any atom is -0.508 e. The molecule has 0 aromatic heterocycles. The van der Waals surface area contributed by atoms with Crippen molar-refractivity contribution in [2.45, 2.75) is 84.5 Å². The third kappa shape index (κ3) is 6.98. The lowest BCUT2D eigenvalue weighted by molar-refractivity contribution is 0.288. The maximum Gasteiger partial charge on any atom is 0.119 e. The number of aliphatic hydroxyl groups excluding tert-OH is 1. The highest BCUT2D eigenvalue weighted by atomic mass is 16.3. The summed E-state index contributed by atoms with van der Waals surface area (Å²) >= 11 is 0. The lowest BCUT2D eigenvalue weighted by Gasteiger charge is -2.13. The summed E-state index contributed by atoms with van der Waals surface area (Å²) < 4.78 is 0. The first-order chi connectivity index (χ1) is 13.7. The molecule has 2 nitrogen and oxygen atoms in total. The number of aryl methyl sites for hydroxylation is 3. The fourth-order valence-electron chi connectivity index (χ4n) is 3.84. The molecule has 0 amide bonds. The first kappa shape index (κ1) is 22.5. The van der Waals surface area contributed by atoms with E-state index in [1.54, 1.807) is 0 Å². The number of unbranched alkanes of at least 4 members (excludes halogenated alkanes) is 6. The molecule has 154 valence electrons. The topological polar surface area (TPSA) is 40.5 Å². The van der Waals surface area contributed by atoms with Gasteiger partial charge in [-0.05, 0) is 72.1 Å². The Morgan fingerprint density at radius 1 is 0.714 bits per heavy atom. The predicted octanol–water partition coefficient (Wildman–Crippen LogP) is 6.84. The van der Waals surface area contributed by atoms with Gasteiger partial charge in [0.1, 0.15) is 5.75 Å². The van der Waals surface area contributed by atoms with Gasteiger partial charge in [-0.1, -0.05) is 76.6 Å². The summed E-state index contributed by atoms with van der Waals surface area (Å²) in [6, 6.07) is 13.0. The van der Waals surface area contributed by atoms with Crippen LogP contribution in [-0.4, -0.2) is 16.8 Å². The molecule has 2 heteroatoms. The molecule has 0 aliphatic heterocycles. The van der Waals surface area contributed by atoms with Crippen LogP contribution in [0.25, 0.3) is 11.1 Å². The van der Waals surface area contributed by atoms with E-state index in [0.717, 1.165) is 18.4 Å². The molecule has 0 fully saturated rings. The Morgan fingerprint density at radius 3 is 2.04 bits per heavy atom. The van der Waals surface area contributed by atoms with Gasteiger partial charge in [-0.25, -0.2) is 0 Å². The van der Waals surface area contributed by atoms with Crippen molar-refractivity contribution in [2.75, 3.05) is 6.61 Å². The Morgan fingerprint density at radius 2 is 1.39 bits per heavy atom. The maximum atomic E-state index is 10.3. The first-order valence-electron chi connectivity index (χ1n) is 11.2. The Bertz CT molecular complexity index is 688. The Kier molecular flexibility index (Phi) is 10.1. The largest absolute Gasteiger partial charge is 0.508 e. The molecular formula is C26H38O2. The van der Waals surface area contributed by atoms with Crippen LogP contribution < -0.4 is 0 Å². The Labute approximate surface area is 171 Å². The standard InChI is InChI=1S/C26H38O2/c1-3-5-6-7-8-9-10-12-21-14-16-23(17-15-21)25-19-24(13-11-18-27)26(28)20-22(25)4-2/h14-17,19-20,27-28H,3-13,18H2,1-2H3. The van der Waals surface area contributed by atoms with E-state index in [2.05, 4.69) is 44.2 Å². The molecule has 0 bridgehead atoms. The third-order valence-electron chi connectivity index (χ3n) is 5.62. The van der Waals surface area contributed by atoms with Gasteiger partial charge in [-0.2, -0.15) is 0 Å². The number of hydrogen-bond acceptors (Lipinski definition) is 2. The molecule has 0 saturated heterocycles. The number of rotatable bonds is 13. The van der Waals surface area contributed by atoms with E-state index in [9.17, 15) is 5.11 Å². The van der Waals surface area contributed by atoms with Crippen molar-refractivity contribution in [3.05, 3.63) is 53.1 Å². The van der Waals surface area contributed by atoms with Crippen molar-refractivity contribution < 1.29 is 10.2 Å². The SMILES string of the molecule is CCCCCCCCCc1ccc(-c2cc(CCCO)c(O)cc2CC)cc1. The van der Waals surface area contributed by atoms with Crippen LogP contribution in [0, 0.1) is 0 Å². The summed E-state index contributed by atoms with van der Waals surface area (Å²) in [5, 5.41) is 19.4. The fraction of sp³-hybridized carbons (Fsp3) is 0.538. The molecule has 2 aromatic carbocycles. The summed E-state index contributed by atoms with van der Waals surface area (Å²) in [5.74, 6) is 0.351. The first-order valence-corrected chi connectivity index (χ1v) is 11.2. The summed E-state index contributed by atoms with van der Waals surface area (Å²) in [7, 11) is 0. The second kappa shape index (κ2) is 12.6. The zero-order valence-electron chi connectivity index (χ0n) is 17.8. The number of phenolic OH excluding ortho intramolecular Hbond substituents is 1. The molecular weight excluding hydrogens is 344 g/mol. The average Bonchev–Trinajstić information content (AvgIpc) is 2.72. The van der Waals surface area contributed by atoms with E-state index in [1.165, 1.54) is 67.2 Å². The second-order valence-corrected chi connectivity index (χ2v) is 7.89. The van der Waals surface area contributed by atoms with Gasteiger partial charge in [0.15, 0.2) is 0 Å². The van der Waals surface area contributed by atoms with Crippen LogP contribution in [0.15, 0.2) is 36.4 Å². The summed E-state index contributed by atoms with van der Waals surface area (Å²) in [4.78, 5) is 0. The number of benzene rings is 2. The molecule has 0 heterocycles. The van der Waals surface area contributed by atoms with E-state index in [-0.39, 0.29) is 6.61 Å². The van der Waals surface area contributed by atoms with Crippen molar-refractivity contribution in [3.8, 4) is 16.9 Å².